The zero-order chi connectivity index (χ0) is 7.82. The molecule has 3 heteroatoms. The standard InChI is InChI=1S/C7H17N3/c1-4-8-6-10-7(3)9-5-2/h5,7-8,10H,4,6H2,1-3H3. The second-order valence-corrected chi connectivity index (χ2v) is 2.07. The summed E-state index contributed by atoms with van der Waals surface area (Å²) < 4.78 is 0. The second kappa shape index (κ2) is 6.71. The van der Waals surface area contributed by atoms with Gasteiger partial charge in [0.05, 0.1) is 6.17 Å². The van der Waals surface area contributed by atoms with Crippen LogP contribution in [-0.4, -0.2) is 25.6 Å². The molecule has 0 aliphatic heterocycles. The van der Waals surface area contributed by atoms with Gasteiger partial charge in [0.25, 0.3) is 0 Å². The van der Waals surface area contributed by atoms with Gasteiger partial charge in [0, 0.05) is 6.67 Å². The number of aliphatic imine (C=N–C) groups is 1. The maximum atomic E-state index is 4.12. The van der Waals surface area contributed by atoms with Crippen molar-refractivity contribution in [1.29, 1.82) is 0 Å². The molecule has 0 bridgehead atoms. The summed E-state index contributed by atoms with van der Waals surface area (Å²) in [4.78, 5) is 4.12. The molecule has 3 nitrogen and oxygen atoms in total. The summed E-state index contributed by atoms with van der Waals surface area (Å²) in [5.74, 6) is 0. The minimum atomic E-state index is 0.226. The Morgan fingerprint density at radius 3 is 2.80 bits per heavy atom. The van der Waals surface area contributed by atoms with Crippen LogP contribution in [0.3, 0.4) is 0 Å². The summed E-state index contributed by atoms with van der Waals surface area (Å²) in [6.07, 6.45) is 2.04. The van der Waals surface area contributed by atoms with E-state index in [-0.39, 0.29) is 6.17 Å². The molecule has 0 radical (unpaired) electrons. The maximum Gasteiger partial charge on any atom is 0.0971 e. The first-order valence-corrected chi connectivity index (χ1v) is 3.73. The van der Waals surface area contributed by atoms with E-state index in [4.69, 9.17) is 0 Å². The average Bonchev–Trinajstić information content (AvgIpc) is 1.89. The first-order chi connectivity index (χ1) is 4.81. The van der Waals surface area contributed by atoms with Gasteiger partial charge in [-0.25, -0.2) is 0 Å². The van der Waals surface area contributed by atoms with Gasteiger partial charge in [-0.1, -0.05) is 6.92 Å². The smallest absolute Gasteiger partial charge is 0.0971 e. The average molecular weight is 143 g/mol. The van der Waals surface area contributed by atoms with Gasteiger partial charge in [0.2, 0.25) is 0 Å². The Hall–Kier alpha value is -0.410. The van der Waals surface area contributed by atoms with Gasteiger partial charge in [-0.15, -0.1) is 0 Å². The molecule has 2 N–H and O–H groups in total. The highest BCUT2D eigenvalue weighted by Crippen LogP contribution is 1.78. The lowest BCUT2D eigenvalue weighted by atomic mass is 10.6. The Morgan fingerprint density at radius 2 is 2.30 bits per heavy atom. The van der Waals surface area contributed by atoms with Gasteiger partial charge in [0.1, 0.15) is 0 Å². The third-order valence-corrected chi connectivity index (χ3v) is 1.15. The summed E-state index contributed by atoms with van der Waals surface area (Å²) in [5.41, 5.74) is 0. The molecule has 0 spiro atoms. The number of nitrogens with zero attached hydrogens (tertiary/aromatic N) is 1. The fraction of sp³-hybridized carbons (Fsp3) is 0.857. The normalized spacial score (nSPS) is 14.3. The molecule has 0 rings (SSSR count). The Morgan fingerprint density at radius 1 is 1.60 bits per heavy atom. The van der Waals surface area contributed by atoms with Crippen molar-refractivity contribution >= 4 is 6.21 Å². The lowest BCUT2D eigenvalue weighted by molar-refractivity contribution is 0.525. The highest BCUT2D eigenvalue weighted by atomic mass is 15.1. The summed E-state index contributed by atoms with van der Waals surface area (Å²) in [6, 6.07) is 0. The molecule has 10 heavy (non-hydrogen) atoms. The lowest BCUT2D eigenvalue weighted by Gasteiger charge is -2.08. The van der Waals surface area contributed by atoms with Crippen molar-refractivity contribution in [2.45, 2.75) is 26.9 Å². The van der Waals surface area contributed by atoms with Crippen LogP contribution < -0.4 is 10.6 Å². The molecule has 0 fully saturated rings. The van der Waals surface area contributed by atoms with Gasteiger partial charge in [0.15, 0.2) is 0 Å². The first kappa shape index (κ1) is 9.59. The zero-order valence-corrected chi connectivity index (χ0v) is 7.02. The fourth-order valence-electron chi connectivity index (χ4n) is 0.621. The Balaban J connectivity index is 3.13. The molecule has 0 amide bonds. The van der Waals surface area contributed by atoms with E-state index in [1.54, 1.807) is 0 Å². The number of hydrogen-bond acceptors (Lipinski definition) is 3. The summed E-state index contributed by atoms with van der Waals surface area (Å²) in [7, 11) is 0. The van der Waals surface area contributed by atoms with Gasteiger partial charge in [-0.05, 0) is 26.6 Å². The Bertz CT molecular complexity index is 90.9. The molecule has 0 aromatic carbocycles. The highest BCUT2D eigenvalue weighted by Gasteiger charge is 1.91. The molecule has 60 valence electrons. The van der Waals surface area contributed by atoms with E-state index in [2.05, 4.69) is 22.5 Å². The number of rotatable bonds is 5. The number of nitrogens with one attached hydrogen (secondary N) is 2. The van der Waals surface area contributed by atoms with Gasteiger partial charge in [-0.3, -0.25) is 10.3 Å². The van der Waals surface area contributed by atoms with Crippen molar-refractivity contribution in [3.63, 3.8) is 0 Å². The maximum absolute atomic E-state index is 4.12. The molecule has 0 aliphatic carbocycles. The van der Waals surface area contributed by atoms with Crippen molar-refractivity contribution in [3.05, 3.63) is 0 Å². The van der Waals surface area contributed by atoms with Gasteiger partial charge >= 0.3 is 0 Å². The van der Waals surface area contributed by atoms with Crippen LogP contribution in [0.1, 0.15) is 20.8 Å². The number of hydrogen-bond donors (Lipinski definition) is 2. The molecule has 0 heterocycles. The molecule has 1 unspecified atom stereocenters. The van der Waals surface area contributed by atoms with Crippen molar-refractivity contribution in [3.8, 4) is 0 Å². The van der Waals surface area contributed by atoms with E-state index < -0.39 is 0 Å². The van der Waals surface area contributed by atoms with E-state index in [1.165, 1.54) is 0 Å². The van der Waals surface area contributed by atoms with Crippen LogP contribution in [-0.2, 0) is 0 Å². The van der Waals surface area contributed by atoms with E-state index in [1.807, 2.05) is 20.1 Å². The van der Waals surface area contributed by atoms with E-state index in [0.717, 1.165) is 13.2 Å². The minimum Gasteiger partial charge on any atom is -0.305 e. The molecule has 0 aromatic heterocycles. The van der Waals surface area contributed by atoms with Crippen molar-refractivity contribution in [2.24, 2.45) is 4.99 Å². The molecular weight excluding hydrogens is 126 g/mol. The fourth-order valence-corrected chi connectivity index (χ4v) is 0.621. The van der Waals surface area contributed by atoms with Crippen LogP contribution in [0, 0.1) is 0 Å². The second-order valence-electron chi connectivity index (χ2n) is 2.07. The minimum absolute atomic E-state index is 0.226. The lowest BCUT2D eigenvalue weighted by Crippen LogP contribution is -2.34. The SMILES string of the molecule is CC=NC(C)NCNCC. The van der Waals surface area contributed by atoms with Crippen LogP contribution in [0.2, 0.25) is 0 Å². The molecule has 1 atom stereocenters. The molecular formula is C7H17N3. The monoisotopic (exact) mass is 143 g/mol. The predicted molar refractivity (Wildman–Crippen MR) is 45.3 cm³/mol. The summed E-state index contributed by atoms with van der Waals surface area (Å²) >= 11 is 0. The highest BCUT2D eigenvalue weighted by molar-refractivity contribution is 5.53. The van der Waals surface area contributed by atoms with Crippen LogP contribution >= 0.6 is 0 Å². The van der Waals surface area contributed by atoms with Gasteiger partial charge in [-0.2, -0.15) is 0 Å². The first-order valence-electron chi connectivity index (χ1n) is 3.73. The van der Waals surface area contributed by atoms with Crippen molar-refractivity contribution in [2.75, 3.05) is 13.2 Å². The zero-order valence-electron chi connectivity index (χ0n) is 7.02. The van der Waals surface area contributed by atoms with Crippen LogP contribution in [0.5, 0.6) is 0 Å². The topological polar surface area (TPSA) is 36.4 Å². The molecule has 0 saturated heterocycles. The van der Waals surface area contributed by atoms with Crippen molar-refractivity contribution in [1.82, 2.24) is 10.6 Å². The van der Waals surface area contributed by atoms with E-state index >= 15 is 0 Å². The molecule has 0 aliphatic rings. The van der Waals surface area contributed by atoms with Crippen LogP contribution in [0.4, 0.5) is 0 Å². The summed E-state index contributed by atoms with van der Waals surface area (Å²) in [5, 5.41) is 6.33. The third-order valence-electron chi connectivity index (χ3n) is 1.15. The van der Waals surface area contributed by atoms with Gasteiger partial charge < -0.3 is 5.32 Å². The molecule has 0 aromatic rings. The quantitative estimate of drug-likeness (QED) is 0.335. The Kier molecular flexibility index (Phi) is 6.43. The van der Waals surface area contributed by atoms with E-state index in [9.17, 15) is 0 Å². The van der Waals surface area contributed by atoms with Crippen LogP contribution in [0.15, 0.2) is 4.99 Å². The summed E-state index contributed by atoms with van der Waals surface area (Å²) in [6.45, 7) is 7.85. The molecule has 0 saturated carbocycles. The van der Waals surface area contributed by atoms with Crippen LogP contribution in [0.25, 0.3) is 0 Å². The van der Waals surface area contributed by atoms with Crippen molar-refractivity contribution < 1.29 is 0 Å². The van der Waals surface area contributed by atoms with E-state index in [0.29, 0.717) is 0 Å². The largest absolute Gasteiger partial charge is 0.305 e. The predicted octanol–water partition coefficient (Wildman–Crippen LogP) is 0.580. The third kappa shape index (κ3) is 5.72. The Labute approximate surface area is 62.9 Å².